The summed E-state index contributed by atoms with van der Waals surface area (Å²) in [7, 11) is 0. The molecular formula is C26H31N3O6. The number of aromatic carboxylic acids is 1. The summed E-state index contributed by atoms with van der Waals surface area (Å²) in [6.45, 7) is 6.86. The lowest BCUT2D eigenvalue weighted by atomic mass is 9.89. The average molecular weight is 482 g/mol. The molecule has 0 radical (unpaired) electrons. The van der Waals surface area contributed by atoms with Crippen LogP contribution < -0.4 is 10.6 Å². The number of hydrogen-bond donors (Lipinski definition) is 3. The maximum atomic E-state index is 13.4. The van der Waals surface area contributed by atoms with E-state index in [0.29, 0.717) is 12.8 Å². The van der Waals surface area contributed by atoms with E-state index in [-0.39, 0.29) is 17.8 Å². The number of rotatable bonds is 6. The topological polar surface area (TPSA) is 125 Å². The summed E-state index contributed by atoms with van der Waals surface area (Å²) in [5, 5.41) is 14.1. The van der Waals surface area contributed by atoms with Gasteiger partial charge in [0.05, 0.1) is 17.6 Å². The number of carboxylic acid groups (broad SMARTS) is 1. The third-order valence-electron chi connectivity index (χ3n) is 5.86. The molecule has 186 valence electrons. The highest BCUT2D eigenvalue weighted by Gasteiger charge is 2.50. The first-order valence-electron chi connectivity index (χ1n) is 11.4. The number of likely N-dealkylation sites (tertiary alicyclic amines) is 1. The molecule has 3 amide bonds. The Morgan fingerprint density at radius 3 is 2.40 bits per heavy atom. The zero-order chi connectivity index (χ0) is 25.8. The number of nitrogens with zero attached hydrogens (tertiary/aromatic N) is 1. The van der Waals surface area contributed by atoms with Crippen LogP contribution in [0.1, 0.15) is 56.5 Å². The number of urea groups is 1. The summed E-state index contributed by atoms with van der Waals surface area (Å²) in [6.07, 6.45) is 0.987. The van der Waals surface area contributed by atoms with E-state index in [9.17, 15) is 19.2 Å². The summed E-state index contributed by atoms with van der Waals surface area (Å²) >= 11 is 0. The Morgan fingerprint density at radius 1 is 1.09 bits per heavy atom. The fourth-order valence-electron chi connectivity index (χ4n) is 4.28. The van der Waals surface area contributed by atoms with Crippen molar-refractivity contribution in [3.05, 3.63) is 65.7 Å². The van der Waals surface area contributed by atoms with Crippen LogP contribution in [0.5, 0.6) is 0 Å². The van der Waals surface area contributed by atoms with Crippen molar-refractivity contribution >= 4 is 29.6 Å². The van der Waals surface area contributed by atoms with Crippen molar-refractivity contribution in [1.82, 2.24) is 10.2 Å². The van der Waals surface area contributed by atoms with Crippen molar-refractivity contribution in [2.75, 3.05) is 11.9 Å². The van der Waals surface area contributed by atoms with Gasteiger partial charge in [-0.25, -0.2) is 14.4 Å². The number of amides is 3. The van der Waals surface area contributed by atoms with Crippen LogP contribution in [-0.4, -0.2) is 52.1 Å². The summed E-state index contributed by atoms with van der Waals surface area (Å²) in [4.78, 5) is 51.5. The van der Waals surface area contributed by atoms with E-state index < -0.39 is 41.1 Å². The molecule has 9 nitrogen and oxygen atoms in total. The van der Waals surface area contributed by atoms with Crippen LogP contribution in [0.15, 0.2) is 54.6 Å². The van der Waals surface area contributed by atoms with Crippen molar-refractivity contribution in [2.24, 2.45) is 0 Å². The van der Waals surface area contributed by atoms with Crippen molar-refractivity contribution in [3.8, 4) is 0 Å². The number of ether oxygens (including phenoxy) is 1. The van der Waals surface area contributed by atoms with Gasteiger partial charge in [0, 0.05) is 5.69 Å². The van der Waals surface area contributed by atoms with E-state index in [1.807, 2.05) is 37.3 Å². The quantitative estimate of drug-likeness (QED) is 0.540. The minimum absolute atomic E-state index is 0.0229. The minimum atomic E-state index is -1.12. The first-order chi connectivity index (χ1) is 16.4. The Labute approximate surface area is 204 Å². The lowest BCUT2D eigenvalue weighted by molar-refractivity contribution is -0.165. The maximum Gasteiger partial charge on any atom is 0.335 e. The van der Waals surface area contributed by atoms with E-state index in [1.54, 1.807) is 26.8 Å². The molecule has 1 saturated heterocycles. The summed E-state index contributed by atoms with van der Waals surface area (Å²) in [6, 6.07) is 13.8. The maximum absolute atomic E-state index is 13.4. The standard InChI is InChI=1S/C26H31N3O6/c1-25(2,3)35-23(33)20-13-14-26(4,18-10-6-5-7-11-18)29(20)21(30)16-27-24(34)28-19-12-8-9-17(15-19)22(31)32/h5-12,15,20H,13-14,16H2,1-4H3,(H,31,32)(H2,27,28,34). The molecule has 3 N–H and O–H groups in total. The van der Waals surface area contributed by atoms with Crippen molar-refractivity contribution in [1.29, 1.82) is 0 Å². The number of carboxylic acids is 1. The molecule has 2 aromatic rings. The predicted molar refractivity (Wildman–Crippen MR) is 130 cm³/mol. The van der Waals surface area contributed by atoms with Crippen LogP contribution in [0.2, 0.25) is 0 Å². The van der Waals surface area contributed by atoms with Crippen LogP contribution in [-0.2, 0) is 19.9 Å². The number of esters is 1. The van der Waals surface area contributed by atoms with Gasteiger partial charge in [0.25, 0.3) is 0 Å². The number of nitrogens with one attached hydrogen (secondary N) is 2. The average Bonchev–Trinajstić information content (AvgIpc) is 3.16. The molecule has 2 unspecified atom stereocenters. The molecule has 2 aromatic carbocycles. The van der Waals surface area contributed by atoms with Gasteiger partial charge in [-0.3, -0.25) is 4.79 Å². The Balaban J connectivity index is 1.77. The molecule has 9 heteroatoms. The lowest BCUT2D eigenvalue weighted by Gasteiger charge is -2.39. The Morgan fingerprint density at radius 2 is 1.77 bits per heavy atom. The molecule has 0 bridgehead atoms. The second-order valence-corrected chi connectivity index (χ2v) is 9.69. The first-order valence-corrected chi connectivity index (χ1v) is 11.4. The van der Waals surface area contributed by atoms with Crippen LogP contribution >= 0.6 is 0 Å². The van der Waals surface area contributed by atoms with Gasteiger partial charge in [-0.1, -0.05) is 36.4 Å². The Kier molecular flexibility index (Phi) is 7.48. The largest absolute Gasteiger partial charge is 0.478 e. The molecule has 0 aliphatic carbocycles. The zero-order valence-corrected chi connectivity index (χ0v) is 20.3. The van der Waals surface area contributed by atoms with Gasteiger partial charge >= 0.3 is 18.0 Å². The molecule has 2 atom stereocenters. The minimum Gasteiger partial charge on any atom is -0.478 e. The van der Waals surface area contributed by atoms with Gasteiger partial charge in [0.2, 0.25) is 5.91 Å². The highest BCUT2D eigenvalue weighted by Crippen LogP contribution is 2.42. The zero-order valence-electron chi connectivity index (χ0n) is 20.3. The molecule has 1 aliphatic rings. The number of benzene rings is 2. The van der Waals surface area contributed by atoms with Crippen LogP contribution in [0.3, 0.4) is 0 Å². The molecule has 1 aliphatic heterocycles. The number of anilines is 1. The molecule has 1 heterocycles. The first kappa shape index (κ1) is 25.7. The van der Waals surface area contributed by atoms with Gasteiger partial charge in [-0.05, 0) is 64.3 Å². The monoisotopic (exact) mass is 481 g/mol. The lowest BCUT2D eigenvalue weighted by Crippen LogP contribution is -2.54. The van der Waals surface area contributed by atoms with Crippen molar-refractivity contribution < 1.29 is 29.0 Å². The van der Waals surface area contributed by atoms with Gasteiger partial charge in [-0.2, -0.15) is 0 Å². The highest BCUT2D eigenvalue weighted by atomic mass is 16.6. The van der Waals surface area contributed by atoms with Crippen molar-refractivity contribution in [2.45, 2.75) is 57.7 Å². The van der Waals surface area contributed by atoms with E-state index in [2.05, 4.69) is 10.6 Å². The van der Waals surface area contributed by atoms with E-state index >= 15 is 0 Å². The second-order valence-electron chi connectivity index (χ2n) is 9.69. The van der Waals surface area contributed by atoms with Gasteiger partial charge in [0.15, 0.2) is 0 Å². The molecule has 0 spiro atoms. The summed E-state index contributed by atoms with van der Waals surface area (Å²) in [5.74, 6) is -2.04. The third-order valence-corrected chi connectivity index (χ3v) is 5.86. The number of hydrogen-bond acceptors (Lipinski definition) is 5. The normalized spacial score (nSPS) is 19.7. The van der Waals surface area contributed by atoms with Gasteiger partial charge in [-0.15, -0.1) is 0 Å². The van der Waals surface area contributed by atoms with Crippen LogP contribution in [0, 0.1) is 0 Å². The number of carbonyl (C=O) groups is 4. The van der Waals surface area contributed by atoms with E-state index in [4.69, 9.17) is 9.84 Å². The van der Waals surface area contributed by atoms with E-state index in [0.717, 1.165) is 5.56 Å². The second kappa shape index (κ2) is 10.2. The third kappa shape index (κ3) is 6.17. The van der Waals surface area contributed by atoms with Crippen molar-refractivity contribution in [3.63, 3.8) is 0 Å². The molecule has 0 aromatic heterocycles. The van der Waals surface area contributed by atoms with Crippen LogP contribution in [0.25, 0.3) is 0 Å². The Bertz CT molecular complexity index is 1110. The number of carbonyl (C=O) groups excluding carboxylic acids is 3. The van der Waals surface area contributed by atoms with Gasteiger partial charge < -0.3 is 25.4 Å². The molecule has 0 saturated carbocycles. The molecule has 1 fully saturated rings. The Hall–Kier alpha value is -3.88. The highest BCUT2D eigenvalue weighted by molar-refractivity contribution is 5.95. The smallest absolute Gasteiger partial charge is 0.335 e. The molecule has 35 heavy (non-hydrogen) atoms. The SMILES string of the molecule is CC(C)(C)OC(=O)C1CCC(C)(c2ccccc2)N1C(=O)CNC(=O)Nc1cccc(C(=O)O)c1. The summed E-state index contributed by atoms with van der Waals surface area (Å²) in [5.41, 5.74) is -0.283. The molecular weight excluding hydrogens is 450 g/mol. The van der Waals surface area contributed by atoms with Crippen LogP contribution in [0.4, 0.5) is 10.5 Å². The van der Waals surface area contributed by atoms with Gasteiger partial charge in [0.1, 0.15) is 11.6 Å². The fraction of sp³-hybridized carbons (Fsp3) is 0.385. The molecule has 3 rings (SSSR count). The fourth-order valence-corrected chi connectivity index (χ4v) is 4.28. The van der Waals surface area contributed by atoms with E-state index in [1.165, 1.54) is 23.1 Å². The summed E-state index contributed by atoms with van der Waals surface area (Å²) < 4.78 is 5.59. The predicted octanol–water partition coefficient (Wildman–Crippen LogP) is 3.75.